The number of halogens is 1. The van der Waals surface area contributed by atoms with E-state index in [1.807, 2.05) is 6.92 Å². The number of carbonyl (C=O) groups is 1. The van der Waals surface area contributed by atoms with E-state index in [2.05, 4.69) is 20.2 Å². The van der Waals surface area contributed by atoms with Crippen molar-refractivity contribution in [2.45, 2.75) is 25.7 Å². The van der Waals surface area contributed by atoms with Crippen molar-refractivity contribution in [2.75, 3.05) is 31.5 Å². The van der Waals surface area contributed by atoms with E-state index in [1.54, 1.807) is 12.1 Å². The largest absolute Gasteiger partial charge is 0.367 e. The number of carbonyl (C=O) groups excluding carboxylic acids is 1. The number of hydrogen-bond donors (Lipinski definition) is 2. The van der Waals surface area contributed by atoms with Crippen molar-refractivity contribution in [1.29, 1.82) is 0 Å². The average molecular weight is 357 g/mol. The van der Waals surface area contributed by atoms with Crippen LogP contribution in [0.15, 0.2) is 30.5 Å². The van der Waals surface area contributed by atoms with Crippen molar-refractivity contribution in [2.24, 2.45) is 5.73 Å². The second-order valence-electron chi connectivity index (χ2n) is 6.60. The van der Waals surface area contributed by atoms with Gasteiger partial charge in [-0.05, 0) is 43.6 Å². The molecule has 1 aliphatic rings. The Kier molecular flexibility index (Phi) is 5.78. The molecule has 1 atom stereocenters. The van der Waals surface area contributed by atoms with E-state index in [-0.39, 0.29) is 17.4 Å². The van der Waals surface area contributed by atoms with Crippen LogP contribution in [0.3, 0.4) is 0 Å². The Morgan fingerprint density at radius 2 is 2.00 bits per heavy atom. The molecule has 2 heterocycles. The zero-order valence-electron chi connectivity index (χ0n) is 14.9. The maximum absolute atomic E-state index is 13.2. The number of hydrogen-bond acceptors (Lipinski definition) is 5. The Hall–Kier alpha value is -2.54. The minimum Gasteiger partial charge on any atom is -0.367 e. The van der Waals surface area contributed by atoms with Crippen LogP contribution in [0.2, 0.25) is 0 Å². The highest BCUT2D eigenvalue weighted by atomic mass is 19.1. The van der Waals surface area contributed by atoms with Gasteiger partial charge < -0.3 is 16.0 Å². The molecule has 26 heavy (non-hydrogen) atoms. The fourth-order valence-corrected chi connectivity index (χ4v) is 3.21. The van der Waals surface area contributed by atoms with E-state index in [0.29, 0.717) is 11.5 Å². The van der Waals surface area contributed by atoms with Crippen LogP contribution in [0, 0.1) is 5.82 Å². The van der Waals surface area contributed by atoms with Crippen LogP contribution in [0.25, 0.3) is 0 Å². The Morgan fingerprint density at radius 1 is 1.31 bits per heavy atom. The Bertz CT molecular complexity index is 759. The first-order chi connectivity index (χ1) is 12.5. The molecule has 0 saturated carbocycles. The van der Waals surface area contributed by atoms with Crippen molar-refractivity contribution in [3.63, 3.8) is 0 Å². The number of amides is 1. The Morgan fingerprint density at radius 3 is 2.65 bits per heavy atom. The molecule has 0 bridgehead atoms. The number of likely N-dealkylation sites (tertiary alicyclic amines) is 1. The second kappa shape index (κ2) is 8.23. The van der Waals surface area contributed by atoms with E-state index < -0.39 is 5.91 Å². The molecule has 138 valence electrons. The number of anilines is 1. The molecule has 2 aromatic rings. The summed E-state index contributed by atoms with van der Waals surface area (Å²) in [6.07, 6.45) is 3.89. The van der Waals surface area contributed by atoms with Gasteiger partial charge in [0, 0.05) is 19.0 Å². The third kappa shape index (κ3) is 4.35. The van der Waals surface area contributed by atoms with Crippen LogP contribution in [0.5, 0.6) is 0 Å². The van der Waals surface area contributed by atoms with E-state index in [4.69, 9.17) is 5.73 Å². The average Bonchev–Trinajstić information content (AvgIpc) is 3.15. The summed E-state index contributed by atoms with van der Waals surface area (Å²) in [5, 5.41) is 3.33. The molecule has 1 amide bonds. The zero-order valence-corrected chi connectivity index (χ0v) is 14.9. The molecule has 1 aromatic carbocycles. The minimum absolute atomic E-state index is 0.124. The van der Waals surface area contributed by atoms with E-state index >= 15 is 0 Å². The standard InChI is InChI=1S/C19H24FN5O/c1-13(14-4-6-15(20)7-5-14)17-19(23-12-16(24-17)18(21)26)22-8-11-25-9-2-3-10-25/h4-7,12-13H,2-3,8-11H2,1H3,(H2,21,26)(H,22,23)/t13-/m1/s1. The molecule has 3 rings (SSSR count). The number of aromatic nitrogens is 2. The maximum Gasteiger partial charge on any atom is 0.268 e. The summed E-state index contributed by atoms with van der Waals surface area (Å²) in [5.74, 6) is -0.432. The van der Waals surface area contributed by atoms with Gasteiger partial charge >= 0.3 is 0 Å². The first kappa shape index (κ1) is 18.3. The number of primary amides is 1. The van der Waals surface area contributed by atoms with Gasteiger partial charge in [-0.15, -0.1) is 0 Å². The van der Waals surface area contributed by atoms with Crippen molar-refractivity contribution in [1.82, 2.24) is 14.9 Å². The number of rotatable bonds is 7. The lowest BCUT2D eigenvalue weighted by molar-refractivity contribution is 0.0995. The van der Waals surface area contributed by atoms with Crippen LogP contribution in [-0.4, -0.2) is 47.0 Å². The first-order valence-corrected chi connectivity index (χ1v) is 8.93. The molecule has 0 aliphatic carbocycles. The van der Waals surface area contributed by atoms with Gasteiger partial charge in [0.1, 0.15) is 17.3 Å². The molecule has 3 N–H and O–H groups in total. The Labute approximate surface area is 152 Å². The first-order valence-electron chi connectivity index (χ1n) is 8.93. The molecule has 0 radical (unpaired) electrons. The monoisotopic (exact) mass is 357 g/mol. The van der Waals surface area contributed by atoms with Crippen molar-refractivity contribution in [3.05, 3.63) is 53.2 Å². The minimum atomic E-state index is -0.617. The number of benzene rings is 1. The van der Waals surface area contributed by atoms with Crippen LogP contribution >= 0.6 is 0 Å². The second-order valence-corrected chi connectivity index (χ2v) is 6.60. The highest BCUT2D eigenvalue weighted by Gasteiger charge is 2.19. The third-order valence-corrected chi connectivity index (χ3v) is 4.75. The lowest BCUT2D eigenvalue weighted by Gasteiger charge is -2.19. The van der Waals surface area contributed by atoms with Crippen molar-refractivity contribution in [3.8, 4) is 0 Å². The van der Waals surface area contributed by atoms with Crippen LogP contribution in [0.1, 0.15) is 47.4 Å². The predicted octanol–water partition coefficient (Wildman–Crippen LogP) is 2.37. The lowest BCUT2D eigenvalue weighted by atomic mass is 9.97. The molecule has 1 saturated heterocycles. The van der Waals surface area contributed by atoms with Crippen LogP contribution in [0.4, 0.5) is 10.2 Å². The third-order valence-electron chi connectivity index (χ3n) is 4.75. The summed E-state index contributed by atoms with van der Waals surface area (Å²) in [5.41, 5.74) is 7.01. The van der Waals surface area contributed by atoms with Gasteiger partial charge in [0.15, 0.2) is 0 Å². The smallest absolute Gasteiger partial charge is 0.268 e. The fourth-order valence-electron chi connectivity index (χ4n) is 3.21. The topological polar surface area (TPSA) is 84.1 Å². The summed E-state index contributed by atoms with van der Waals surface area (Å²) in [4.78, 5) is 22.7. The molecule has 0 unspecified atom stereocenters. The molecular weight excluding hydrogens is 333 g/mol. The van der Waals surface area contributed by atoms with Gasteiger partial charge in [-0.2, -0.15) is 0 Å². The summed E-state index contributed by atoms with van der Waals surface area (Å²) in [6.45, 7) is 5.89. The van der Waals surface area contributed by atoms with E-state index in [1.165, 1.54) is 31.2 Å². The fraction of sp³-hybridized carbons (Fsp3) is 0.421. The highest BCUT2D eigenvalue weighted by molar-refractivity contribution is 5.90. The molecule has 1 aliphatic heterocycles. The van der Waals surface area contributed by atoms with Gasteiger partial charge in [0.25, 0.3) is 5.91 Å². The normalized spacial score (nSPS) is 15.8. The highest BCUT2D eigenvalue weighted by Crippen LogP contribution is 2.27. The quantitative estimate of drug-likeness (QED) is 0.795. The molecule has 1 fully saturated rings. The maximum atomic E-state index is 13.2. The van der Waals surface area contributed by atoms with Gasteiger partial charge in [0.2, 0.25) is 0 Å². The number of nitrogens with two attached hydrogens (primary N) is 1. The van der Waals surface area contributed by atoms with Crippen LogP contribution < -0.4 is 11.1 Å². The molecule has 1 aromatic heterocycles. The summed E-state index contributed by atoms with van der Waals surface area (Å²) in [6, 6.07) is 6.26. The van der Waals surface area contributed by atoms with Gasteiger partial charge in [0.05, 0.1) is 11.9 Å². The number of nitrogens with zero attached hydrogens (tertiary/aromatic N) is 3. The lowest BCUT2D eigenvalue weighted by Crippen LogP contribution is -2.27. The Balaban J connectivity index is 1.80. The predicted molar refractivity (Wildman–Crippen MR) is 98.6 cm³/mol. The molecule has 6 nitrogen and oxygen atoms in total. The zero-order chi connectivity index (χ0) is 18.5. The van der Waals surface area contributed by atoms with Crippen LogP contribution in [-0.2, 0) is 0 Å². The summed E-state index contributed by atoms with van der Waals surface area (Å²) >= 11 is 0. The molecule has 7 heteroatoms. The molecule has 0 spiro atoms. The van der Waals surface area contributed by atoms with E-state index in [9.17, 15) is 9.18 Å². The number of nitrogens with one attached hydrogen (secondary N) is 1. The van der Waals surface area contributed by atoms with Gasteiger partial charge in [-0.1, -0.05) is 19.1 Å². The van der Waals surface area contributed by atoms with E-state index in [0.717, 1.165) is 31.7 Å². The van der Waals surface area contributed by atoms with Gasteiger partial charge in [-0.25, -0.2) is 14.4 Å². The molecular formula is C19H24FN5O. The SMILES string of the molecule is C[C@H](c1ccc(F)cc1)c1nc(C(N)=O)cnc1NCCN1CCCC1. The summed E-state index contributed by atoms with van der Waals surface area (Å²) in [7, 11) is 0. The van der Waals surface area contributed by atoms with Crippen molar-refractivity contribution < 1.29 is 9.18 Å². The van der Waals surface area contributed by atoms with Gasteiger partial charge in [-0.3, -0.25) is 4.79 Å². The summed E-state index contributed by atoms with van der Waals surface area (Å²) < 4.78 is 13.2. The van der Waals surface area contributed by atoms with Crippen molar-refractivity contribution >= 4 is 11.7 Å².